The van der Waals surface area contributed by atoms with E-state index in [0.29, 0.717) is 16.3 Å². The molecule has 10 nitrogen and oxygen atoms in total. The summed E-state index contributed by atoms with van der Waals surface area (Å²) in [5.74, 6) is -0.587. The van der Waals surface area contributed by atoms with Gasteiger partial charge in [-0.25, -0.2) is 0 Å². The average molecular weight is 599 g/mol. The number of hydrogen-bond acceptors (Lipinski definition) is 6. The highest BCUT2D eigenvalue weighted by atomic mass is 32.2. The van der Waals surface area contributed by atoms with Gasteiger partial charge in [0.25, 0.3) is 5.01 Å². The zero-order valence-electron chi connectivity index (χ0n) is 20.4. The third-order valence-electron chi connectivity index (χ3n) is 5.95. The molecule has 0 radical (unpaired) electrons. The summed E-state index contributed by atoms with van der Waals surface area (Å²) < 4.78 is 14.3. The SMILES string of the molecule is CCN1C(=CC2=C([O-])C(=Cc3sc4cc(P(=O)(O)O)ccc4[n+]3CC)C2=O)Sc2cc(P)ccc21.O.O.O. The van der Waals surface area contributed by atoms with Crippen LogP contribution in [0.2, 0.25) is 0 Å². The molecule has 0 bridgehead atoms. The van der Waals surface area contributed by atoms with E-state index in [1.807, 2.05) is 30.5 Å². The molecule has 1 aromatic heterocycles. The lowest BCUT2D eigenvalue weighted by atomic mass is 9.88. The van der Waals surface area contributed by atoms with E-state index in [0.717, 1.165) is 33.0 Å². The zero-order valence-corrected chi connectivity index (χ0v) is 24.1. The number of carbonyl (C=O) groups is 1. The average Bonchev–Trinajstić information content (AvgIpc) is 3.35. The van der Waals surface area contributed by atoms with E-state index in [2.05, 4.69) is 20.2 Å². The Kier molecular flexibility index (Phi) is 9.88. The molecule has 5 rings (SSSR count). The number of carbonyl (C=O) groups excluding carboxylic acids is 1. The van der Waals surface area contributed by atoms with Crippen LogP contribution in [0.1, 0.15) is 18.9 Å². The smallest absolute Gasteiger partial charge is 0.356 e. The summed E-state index contributed by atoms with van der Waals surface area (Å²) in [6, 6.07) is 10.7. The Bertz CT molecular complexity index is 1560. The van der Waals surface area contributed by atoms with Crippen LogP contribution in [-0.2, 0) is 15.9 Å². The molecule has 1 aliphatic heterocycles. The predicted molar refractivity (Wildman–Crippen MR) is 153 cm³/mol. The quantitative estimate of drug-likeness (QED) is 0.235. The summed E-state index contributed by atoms with van der Waals surface area (Å²) >= 11 is 2.84. The summed E-state index contributed by atoms with van der Waals surface area (Å²) in [7, 11) is -1.70. The van der Waals surface area contributed by atoms with Crippen LogP contribution in [0.25, 0.3) is 16.3 Å². The summed E-state index contributed by atoms with van der Waals surface area (Å²) in [5.41, 5.74) is 2.15. The van der Waals surface area contributed by atoms with Gasteiger partial charge in [-0.2, -0.15) is 4.57 Å². The molecule has 3 aromatic rings. The van der Waals surface area contributed by atoms with E-state index in [9.17, 15) is 24.3 Å². The molecule has 0 fully saturated rings. The number of nitrogens with zero attached hydrogens (tertiary/aromatic N) is 2. The standard InChI is InChI=1S/C24H22N2O5P2S2.3H2O/c1-3-25-17-7-5-13(32)9-19(17)34-21(25)11-15-23(27)16(24(15)28)12-22-26(4-2)18-8-6-14(33(29,30)31)10-20(18)35-22;;;/h5-12H,3-4,32H2,1-2H3,(H2-,27,28,29,30,31);3*1H2. The number of anilines is 1. The van der Waals surface area contributed by atoms with Crippen LogP contribution < -0.4 is 25.2 Å². The lowest BCUT2D eigenvalue weighted by Crippen LogP contribution is -2.35. The third kappa shape index (κ3) is 5.37. The van der Waals surface area contributed by atoms with E-state index in [4.69, 9.17) is 0 Å². The van der Waals surface area contributed by atoms with Crippen molar-refractivity contribution in [2.75, 3.05) is 11.4 Å². The van der Waals surface area contributed by atoms with Gasteiger partial charge in [0.2, 0.25) is 5.52 Å². The molecule has 0 saturated heterocycles. The zero-order chi connectivity index (χ0) is 25.1. The number of ketones is 1. The third-order valence-corrected chi connectivity index (χ3v) is 9.45. The van der Waals surface area contributed by atoms with Crippen LogP contribution >= 0.6 is 39.9 Å². The van der Waals surface area contributed by atoms with E-state index >= 15 is 0 Å². The summed E-state index contributed by atoms with van der Waals surface area (Å²) in [4.78, 5) is 35.1. The molecule has 0 spiro atoms. The Morgan fingerprint density at radius 2 is 1.82 bits per heavy atom. The molecular formula is C24H28N2O8P2S2. The van der Waals surface area contributed by atoms with Crippen LogP contribution in [0.3, 0.4) is 0 Å². The second-order valence-electron chi connectivity index (χ2n) is 8.07. The number of aryl methyl sites for hydroxylation is 1. The van der Waals surface area contributed by atoms with Crippen molar-refractivity contribution in [2.45, 2.75) is 25.3 Å². The van der Waals surface area contributed by atoms with Crippen molar-refractivity contribution in [3.05, 3.63) is 69.4 Å². The maximum absolute atomic E-state index is 13.0. The molecule has 14 heteroatoms. The highest BCUT2D eigenvalue weighted by Gasteiger charge is 2.31. The lowest BCUT2D eigenvalue weighted by molar-refractivity contribution is -0.665. The van der Waals surface area contributed by atoms with Crippen LogP contribution in [0.4, 0.5) is 5.69 Å². The number of Topliss-reactive ketones (excluding diaryl/α,β-unsaturated/α-hetero) is 1. The van der Waals surface area contributed by atoms with Gasteiger partial charge in [-0.15, -0.1) is 9.24 Å². The number of thiazole rings is 1. The van der Waals surface area contributed by atoms with Crippen LogP contribution in [0.5, 0.6) is 0 Å². The van der Waals surface area contributed by atoms with Gasteiger partial charge < -0.3 is 36.2 Å². The van der Waals surface area contributed by atoms with Gasteiger partial charge in [0, 0.05) is 34.7 Å². The molecule has 0 amide bonds. The first kappa shape index (κ1) is 31.8. The van der Waals surface area contributed by atoms with Crippen molar-refractivity contribution in [2.24, 2.45) is 0 Å². The van der Waals surface area contributed by atoms with Gasteiger partial charge >= 0.3 is 7.60 Å². The fourth-order valence-electron chi connectivity index (χ4n) is 4.21. The lowest BCUT2D eigenvalue weighted by Gasteiger charge is -2.29. The number of fused-ring (bicyclic) bond motifs is 2. The van der Waals surface area contributed by atoms with Crippen LogP contribution in [-0.4, -0.2) is 38.5 Å². The van der Waals surface area contributed by atoms with Crippen molar-refractivity contribution in [3.63, 3.8) is 0 Å². The minimum absolute atomic E-state index is 0. The van der Waals surface area contributed by atoms with Gasteiger partial charge in [-0.3, -0.25) is 9.36 Å². The second-order valence-corrected chi connectivity index (χ2v) is 12.5. The monoisotopic (exact) mass is 598 g/mol. The number of allylic oxidation sites excluding steroid dienone is 3. The minimum Gasteiger partial charge on any atom is -0.871 e. The Hall–Kier alpha value is -2.37. The summed E-state index contributed by atoms with van der Waals surface area (Å²) in [5, 5.41) is 15.5. The number of thioether (sulfide) groups is 1. The number of benzene rings is 2. The first-order chi connectivity index (χ1) is 16.6. The first-order valence-corrected chi connectivity index (χ1v) is 14.7. The molecule has 2 aliphatic rings. The van der Waals surface area contributed by atoms with E-state index < -0.39 is 7.60 Å². The van der Waals surface area contributed by atoms with Gasteiger partial charge in [0.1, 0.15) is 11.2 Å². The van der Waals surface area contributed by atoms with Gasteiger partial charge in [-0.1, -0.05) is 34.9 Å². The number of rotatable bonds is 5. The molecule has 1 atom stereocenters. The van der Waals surface area contributed by atoms with Crippen molar-refractivity contribution >= 4 is 78.3 Å². The van der Waals surface area contributed by atoms with Crippen LogP contribution in [0, 0.1) is 0 Å². The topological polar surface area (TPSA) is 199 Å². The largest absolute Gasteiger partial charge is 0.871 e. The Balaban J connectivity index is 0.00000169. The highest BCUT2D eigenvalue weighted by Crippen LogP contribution is 2.47. The minimum atomic E-state index is -4.38. The van der Waals surface area contributed by atoms with Crippen molar-refractivity contribution in [1.82, 2.24) is 0 Å². The van der Waals surface area contributed by atoms with Gasteiger partial charge in [0.05, 0.1) is 16.0 Å². The summed E-state index contributed by atoms with van der Waals surface area (Å²) in [6.45, 7) is 5.26. The molecular weight excluding hydrogens is 570 g/mol. The van der Waals surface area contributed by atoms with E-state index in [-0.39, 0.29) is 44.4 Å². The molecule has 204 valence electrons. The molecule has 1 unspecified atom stereocenters. The fraction of sp³-hybridized carbons (Fsp3) is 0.167. The fourth-order valence-corrected chi connectivity index (χ4v) is 7.67. The molecule has 8 N–H and O–H groups in total. The molecule has 1 aliphatic carbocycles. The van der Waals surface area contributed by atoms with E-state index in [1.165, 1.54) is 23.5 Å². The first-order valence-electron chi connectivity index (χ1n) is 10.9. The Labute approximate surface area is 229 Å². The second kappa shape index (κ2) is 11.8. The number of hydrogen-bond donors (Lipinski definition) is 2. The van der Waals surface area contributed by atoms with Crippen molar-refractivity contribution in [3.8, 4) is 0 Å². The molecule has 2 heterocycles. The molecule has 38 heavy (non-hydrogen) atoms. The van der Waals surface area contributed by atoms with E-state index in [1.54, 1.807) is 30.0 Å². The van der Waals surface area contributed by atoms with Crippen LogP contribution in [0.15, 0.2) is 69.3 Å². The Morgan fingerprint density at radius 3 is 2.42 bits per heavy atom. The van der Waals surface area contributed by atoms with Gasteiger partial charge in [-0.05, 0) is 49.5 Å². The number of aromatic nitrogens is 1. The summed E-state index contributed by atoms with van der Waals surface area (Å²) in [6.07, 6.45) is 3.27. The van der Waals surface area contributed by atoms with Crippen molar-refractivity contribution in [1.29, 1.82) is 0 Å². The maximum atomic E-state index is 13.0. The van der Waals surface area contributed by atoms with Crippen molar-refractivity contribution < 1.29 is 45.2 Å². The predicted octanol–water partition coefficient (Wildman–Crippen LogP) is 0.0921. The Morgan fingerprint density at radius 1 is 1.11 bits per heavy atom. The van der Waals surface area contributed by atoms with Gasteiger partial charge in [0.15, 0.2) is 5.78 Å². The molecule has 2 aromatic carbocycles. The molecule has 0 saturated carbocycles. The highest BCUT2D eigenvalue weighted by molar-refractivity contribution is 8.03. The maximum Gasteiger partial charge on any atom is 0.356 e. The normalized spacial score (nSPS) is 16.8.